The summed E-state index contributed by atoms with van der Waals surface area (Å²) in [7, 11) is 12.5. The molecule has 0 saturated heterocycles. The van der Waals surface area contributed by atoms with Gasteiger partial charge in [-0.05, 0) is 0 Å². The molecule has 0 aliphatic carbocycles. The van der Waals surface area contributed by atoms with Crippen molar-refractivity contribution < 1.29 is 8.56 Å². The van der Waals surface area contributed by atoms with E-state index < -0.39 is 22.7 Å². The van der Waals surface area contributed by atoms with Crippen LogP contribution in [0.2, 0.25) is 0 Å². The second-order valence-corrected chi connectivity index (χ2v) is 11.6. The van der Waals surface area contributed by atoms with E-state index in [-0.39, 0.29) is 18.3 Å². The molecule has 0 spiro atoms. The summed E-state index contributed by atoms with van der Waals surface area (Å²) in [5, 5.41) is 0. The maximum absolute atomic E-state index is 6.43. The van der Waals surface area contributed by atoms with Crippen molar-refractivity contribution in [1.82, 2.24) is 14.7 Å². The number of nitrogens with zero attached hydrogens (tertiary/aromatic N) is 3. The maximum atomic E-state index is 6.43. The summed E-state index contributed by atoms with van der Waals surface area (Å²) in [4.78, 5) is 6.52. The third-order valence-electron chi connectivity index (χ3n) is 3.98. The van der Waals surface area contributed by atoms with Crippen LogP contribution >= 0.6 is 0 Å². The fourth-order valence-electron chi connectivity index (χ4n) is 2.59. The van der Waals surface area contributed by atoms with E-state index in [0.29, 0.717) is 0 Å². The third-order valence-corrected chi connectivity index (χ3v) is 9.18. The quantitative estimate of drug-likeness (QED) is 0.370. The molecule has 150 valence electrons. The molecule has 0 aromatic rings. The Bertz CT molecular complexity index is 272. The molecule has 0 bridgehead atoms. The van der Waals surface area contributed by atoms with E-state index >= 15 is 0 Å². The van der Waals surface area contributed by atoms with Gasteiger partial charge in [0.1, 0.15) is 0 Å². The first kappa shape index (κ1) is 25.6. The van der Waals surface area contributed by atoms with Crippen molar-refractivity contribution in [3.8, 4) is 0 Å². The SMILES string of the molecule is CCC(CN(C)C)[O][In]([O]C(CC)CN(C)C)[O]C(CC)CN(C)C. The van der Waals surface area contributed by atoms with Crippen molar-refractivity contribution in [3.63, 3.8) is 0 Å². The fourth-order valence-corrected chi connectivity index (χ4v) is 8.22. The Morgan fingerprint density at radius 3 is 0.960 bits per heavy atom. The summed E-state index contributed by atoms with van der Waals surface area (Å²) in [6.07, 6.45) is 3.49. The molecule has 0 N–H and O–H groups in total. The van der Waals surface area contributed by atoms with E-state index in [9.17, 15) is 0 Å². The molecule has 0 aliphatic rings. The van der Waals surface area contributed by atoms with E-state index in [4.69, 9.17) is 8.56 Å². The van der Waals surface area contributed by atoms with Crippen molar-refractivity contribution >= 4 is 22.7 Å². The van der Waals surface area contributed by atoms with E-state index in [1.54, 1.807) is 0 Å². The first-order valence-corrected chi connectivity index (χ1v) is 13.7. The van der Waals surface area contributed by atoms with Crippen LogP contribution in [0.25, 0.3) is 0 Å². The molecule has 3 atom stereocenters. The van der Waals surface area contributed by atoms with Gasteiger partial charge in [0.05, 0.1) is 0 Å². The molecular weight excluding hydrogens is 421 g/mol. The molecule has 0 aromatic heterocycles. The van der Waals surface area contributed by atoms with Gasteiger partial charge in [-0.2, -0.15) is 0 Å². The molecule has 0 heterocycles. The van der Waals surface area contributed by atoms with Crippen LogP contribution in [0.5, 0.6) is 0 Å². The Morgan fingerprint density at radius 2 is 0.800 bits per heavy atom. The molecule has 7 heteroatoms. The second-order valence-electron chi connectivity index (χ2n) is 7.57. The Balaban J connectivity index is 4.99. The summed E-state index contributed by atoms with van der Waals surface area (Å²) >= 11 is -3.03. The first-order chi connectivity index (χ1) is 11.7. The molecule has 0 rings (SSSR count). The van der Waals surface area contributed by atoms with Gasteiger partial charge >= 0.3 is 166 Å². The van der Waals surface area contributed by atoms with Crippen LogP contribution in [-0.2, 0) is 8.56 Å². The average molecular weight is 463 g/mol. The van der Waals surface area contributed by atoms with Gasteiger partial charge in [-0.25, -0.2) is 0 Å². The Hall–Kier alpha value is 0.630. The molecule has 0 fully saturated rings. The fraction of sp³-hybridized carbons (Fsp3) is 1.00. The van der Waals surface area contributed by atoms with Crippen LogP contribution in [0.1, 0.15) is 40.0 Å². The molecule has 0 amide bonds. The van der Waals surface area contributed by atoms with Gasteiger partial charge in [-0.3, -0.25) is 0 Å². The Morgan fingerprint density at radius 1 is 0.560 bits per heavy atom. The summed E-state index contributed by atoms with van der Waals surface area (Å²) in [6, 6.07) is 0. The molecule has 0 aliphatic heterocycles. The van der Waals surface area contributed by atoms with Gasteiger partial charge in [-0.15, -0.1) is 0 Å². The molecule has 25 heavy (non-hydrogen) atoms. The monoisotopic (exact) mass is 463 g/mol. The summed E-state index contributed by atoms with van der Waals surface area (Å²) in [6.45, 7) is 9.24. The van der Waals surface area contributed by atoms with Crippen molar-refractivity contribution in [2.45, 2.75) is 58.3 Å². The Kier molecular flexibility index (Phi) is 15.0. The molecule has 0 aromatic carbocycles. The summed E-state index contributed by atoms with van der Waals surface area (Å²) in [5.74, 6) is 0. The van der Waals surface area contributed by atoms with Crippen LogP contribution < -0.4 is 0 Å². The van der Waals surface area contributed by atoms with Crippen LogP contribution in [0.15, 0.2) is 0 Å². The minimum atomic E-state index is -3.03. The number of hydrogen-bond donors (Lipinski definition) is 0. The van der Waals surface area contributed by atoms with Gasteiger partial charge in [0.15, 0.2) is 0 Å². The van der Waals surface area contributed by atoms with Gasteiger partial charge in [0.25, 0.3) is 0 Å². The van der Waals surface area contributed by atoms with E-state index in [2.05, 4.69) is 77.8 Å². The standard InChI is InChI=1S/3C6H14NO.In/c3*1-4-6(8)5-7(2)3;/h3*6H,4-5H2,1-3H3;/q3*-1;+3. The van der Waals surface area contributed by atoms with Crippen molar-refractivity contribution in [2.24, 2.45) is 0 Å². The normalized spacial score (nSPS) is 15.8. The molecule has 3 unspecified atom stereocenters. The molecule has 6 nitrogen and oxygen atoms in total. The van der Waals surface area contributed by atoms with Crippen LogP contribution in [0.3, 0.4) is 0 Å². The van der Waals surface area contributed by atoms with Gasteiger partial charge in [0, 0.05) is 0 Å². The third kappa shape index (κ3) is 13.4. The molecule has 0 radical (unpaired) electrons. The number of rotatable bonds is 15. The van der Waals surface area contributed by atoms with Crippen LogP contribution in [0, 0.1) is 0 Å². The van der Waals surface area contributed by atoms with Crippen LogP contribution in [-0.4, -0.2) is 118 Å². The van der Waals surface area contributed by atoms with Gasteiger partial charge in [-0.1, -0.05) is 0 Å². The average Bonchev–Trinajstić information content (AvgIpc) is 2.51. The summed E-state index contributed by atoms with van der Waals surface area (Å²) < 4.78 is 19.3. The van der Waals surface area contributed by atoms with Crippen molar-refractivity contribution in [1.29, 1.82) is 0 Å². The first-order valence-electron chi connectivity index (χ1n) is 9.62. The zero-order valence-electron chi connectivity index (χ0n) is 18.1. The van der Waals surface area contributed by atoms with Crippen molar-refractivity contribution in [3.05, 3.63) is 0 Å². The predicted octanol–water partition coefficient (Wildman–Crippen LogP) is 2.04. The van der Waals surface area contributed by atoms with Crippen molar-refractivity contribution in [2.75, 3.05) is 61.9 Å². The molecule has 0 saturated carbocycles. The van der Waals surface area contributed by atoms with Gasteiger partial charge < -0.3 is 0 Å². The minimum absolute atomic E-state index is 0.185. The van der Waals surface area contributed by atoms with E-state index in [1.807, 2.05) is 0 Å². The predicted molar refractivity (Wildman–Crippen MR) is 107 cm³/mol. The Labute approximate surface area is 166 Å². The molecular formula is C18H42InN3O3. The van der Waals surface area contributed by atoms with Crippen LogP contribution in [0.4, 0.5) is 0 Å². The van der Waals surface area contributed by atoms with E-state index in [1.165, 1.54) is 0 Å². The number of hydrogen-bond acceptors (Lipinski definition) is 6. The zero-order chi connectivity index (χ0) is 19.4. The summed E-state index contributed by atoms with van der Waals surface area (Å²) in [5.41, 5.74) is 0. The van der Waals surface area contributed by atoms with E-state index in [0.717, 1.165) is 38.9 Å². The second kappa shape index (κ2) is 14.7. The number of likely N-dealkylation sites (N-methyl/N-ethyl adjacent to an activating group) is 3. The topological polar surface area (TPSA) is 37.4 Å². The van der Waals surface area contributed by atoms with Gasteiger partial charge in [0.2, 0.25) is 0 Å². The zero-order valence-corrected chi connectivity index (χ0v) is 21.4.